The molecule has 162 valence electrons. The molecule has 8 nitrogen and oxygen atoms in total. The molecule has 8 heteroatoms. The molecule has 1 heterocycles. The molecule has 2 aromatic carbocycles. The van der Waals surface area contributed by atoms with Gasteiger partial charge in [0.2, 0.25) is 5.96 Å². The zero-order valence-corrected chi connectivity index (χ0v) is 17.8. The average Bonchev–Trinajstić information content (AvgIpc) is 2.74. The summed E-state index contributed by atoms with van der Waals surface area (Å²) in [5.41, 5.74) is 12.3. The van der Waals surface area contributed by atoms with Crippen molar-refractivity contribution in [1.29, 1.82) is 0 Å². The van der Waals surface area contributed by atoms with Gasteiger partial charge >= 0.3 is 5.63 Å². The molecule has 0 amide bonds. The Hall–Kier alpha value is -3.65. The van der Waals surface area contributed by atoms with Crippen molar-refractivity contribution in [2.24, 2.45) is 27.6 Å². The highest BCUT2D eigenvalue weighted by atomic mass is 16.4. The third-order valence-electron chi connectivity index (χ3n) is 5.11. The van der Waals surface area contributed by atoms with E-state index in [1.165, 1.54) is 0 Å². The molecule has 0 aliphatic carbocycles. The smallest absolute Gasteiger partial charge is 0.343 e. The van der Waals surface area contributed by atoms with Crippen molar-refractivity contribution in [3.8, 4) is 5.75 Å². The first-order valence-corrected chi connectivity index (χ1v) is 9.87. The van der Waals surface area contributed by atoms with Crippen LogP contribution in [0.25, 0.3) is 11.0 Å². The van der Waals surface area contributed by atoms with Gasteiger partial charge in [0, 0.05) is 24.1 Å². The second-order valence-corrected chi connectivity index (χ2v) is 7.67. The van der Waals surface area contributed by atoms with Gasteiger partial charge in [0.25, 0.3) is 0 Å². The Morgan fingerprint density at radius 1 is 1.06 bits per heavy atom. The maximum Gasteiger partial charge on any atom is 0.343 e. The van der Waals surface area contributed by atoms with Crippen LogP contribution < -0.4 is 17.1 Å². The molecule has 5 N–H and O–H groups in total. The molecule has 3 rings (SSSR count). The van der Waals surface area contributed by atoms with Crippen LogP contribution in [0.1, 0.15) is 24.0 Å². The Bertz CT molecular complexity index is 1160. The third kappa shape index (κ3) is 4.92. The number of para-hydroxylation sites is 1. The van der Waals surface area contributed by atoms with Crippen molar-refractivity contribution in [2.75, 3.05) is 20.6 Å². The lowest BCUT2D eigenvalue weighted by Crippen LogP contribution is -2.34. The zero-order valence-electron chi connectivity index (χ0n) is 17.8. The van der Waals surface area contributed by atoms with Crippen molar-refractivity contribution in [3.05, 3.63) is 76.1 Å². The topological polar surface area (TPSA) is 130 Å². The predicted molar refractivity (Wildman–Crippen MR) is 123 cm³/mol. The van der Waals surface area contributed by atoms with Gasteiger partial charge in [-0.3, -0.25) is 0 Å². The molecule has 0 saturated heterocycles. The largest absolute Gasteiger partial charge is 0.507 e. The van der Waals surface area contributed by atoms with Crippen LogP contribution in [-0.2, 0) is 0 Å². The number of nitrogens with two attached hydrogens (primary N) is 2. The lowest BCUT2D eigenvalue weighted by atomic mass is 9.78. The van der Waals surface area contributed by atoms with Gasteiger partial charge in [0.1, 0.15) is 11.3 Å². The quantitative estimate of drug-likeness (QED) is 0.232. The number of benzene rings is 2. The molecule has 0 unspecified atom stereocenters. The molecule has 0 saturated carbocycles. The van der Waals surface area contributed by atoms with E-state index in [1.54, 1.807) is 31.2 Å². The number of hydrogen-bond donors (Lipinski definition) is 3. The summed E-state index contributed by atoms with van der Waals surface area (Å²) in [6.45, 7) is 2.33. The normalized spacial score (nSPS) is 13.9. The number of fused-ring (bicyclic) bond motifs is 1. The van der Waals surface area contributed by atoms with Crippen molar-refractivity contribution in [3.63, 3.8) is 0 Å². The highest BCUT2D eigenvalue weighted by Crippen LogP contribution is 2.39. The van der Waals surface area contributed by atoms with E-state index in [0.717, 1.165) is 5.56 Å². The Kier molecular flexibility index (Phi) is 6.71. The van der Waals surface area contributed by atoms with Gasteiger partial charge in [-0.25, -0.2) is 4.79 Å². The summed E-state index contributed by atoms with van der Waals surface area (Å²) in [5.74, 6) is -1.12. The Morgan fingerprint density at radius 3 is 2.35 bits per heavy atom. The van der Waals surface area contributed by atoms with Crippen molar-refractivity contribution >= 4 is 22.6 Å². The second kappa shape index (κ2) is 9.44. The molecule has 0 bridgehead atoms. The van der Waals surface area contributed by atoms with E-state index in [1.807, 2.05) is 49.3 Å². The summed E-state index contributed by atoms with van der Waals surface area (Å²) in [6, 6.07) is 16.4. The molecular formula is C23H27N5O3. The number of guanidine groups is 1. The SMILES string of the molecule is C/C(=N/N=C(N)N)[C@@H](CN(C)C)[C@@H](c1ccccc1)c1c(O)c2ccccc2oc1=O. The van der Waals surface area contributed by atoms with Gasteiger partial charge in [0.05, 0.1) is 10.9 Å². The minimum atomic E-state index is -0.594. The van der Waals surface area contributed by atoms with Crippen LogP contribution in [0.3, 0.4) is 0 Å². The molecule has 0 fully saturated rings. The van der Waals surface area contributed by atoms with E-state index in [2.05, 4.69) is 10.2 Å². The highest BCUT2D eigenvalue weighted by molar-refractivity contribution is 5.89. The first-order chi connectivity index (χ1) is 14.8. The van der Waals surface area contributed by atoms with Gasteiger partial charge in [-0.2, -0.15) is 5.10 Å². The average molecular weight is 422 g/mol. The lowest BCUT2D eigenvalue weighted by Gasteiger charge is -2.30. The summed E-state index contributed by atoms with van der Waals surface area (Å²) >= 11 is 0. The molecule has 0 spiro atoms. The summed E-state index contributed by atoms with van der Waals surface area (Å²) in [6.07, 6.45) is 0. The van der Waals surface area contributed by atoms with E-state index in [-0.39, 0.29) is 23.2 Å². The fraction of sp³-hybridized carbons (Fsp3) is 0.261. The fourth-order valence-corrected chi connectivity index (χ4v) is 3.77. The lowest BCUT2D eigenvalue weighted by molar-refractivity contribution is 0.346. The van der Waals surface area contributed by atoms with Gasteiger partial charge in [-0.05, 0) is 38.7 Å². The maximum absolute atomic E-state index is 13.1. The molecule has 0 aliphatic rings. The number of rotatable bonds is 7. The van der Waals surface area contributed by atoms with Crippen LogP contribution in [-0.4, -0.2) is 42.3 Å². The monoisotopic (exact) mass is 421 g/mol. The number of nitrogens with zero attached hydrogens (tertiary/aromatic N) is 3. The van der Waals surface area contributed by atoms with Gasteiger partial charge in [-0.1, -0.05) is 42.5 Å². The number of hydrogen-bond acceptors (Lipinski definition) is 6. The van der Waals surface area contributed by atoms with E-state index >= 15 is 0 Å². The first kappa shape index (κ1) is 22.0. The van der Waals surface area contributed by atoms with Crippen LogP contribution in [0.5, 0.6) is 5.75 Å². The molecule has 31 heavy (non-hydrogen) atoms. The Balaban J connectivity index is 2.30. The molecular weight excluding hydrogens is 394 g/mol. The molecule has 2 atom stereocenters. The summed E-state index contributed by atoms with van der Waals surface area (Å²) in [5, 5.41) is 19.6. The van der Waals surface area contributed by atoms with Crippen LogP contribution in [0.15, 0.2) is 74.0 Å². The van der Waals surface area contributed by atoms with Gasteiger partial charge in [-0.15, -0.1) is 5.10 Å². The molecule has 0 aliphatic heterocycles. The highest BCUT2D eigenvalue weighted by Gasteiger charge is 2.33. The van der Waals surface area contributed by atoms with E-state index in [0.29, 0.717) is 23.2 Å². The van der Waals surface area contributed by atoms with Crippen molar-refractivity contribution < 1.29 is 9.52 Å². The summed E-state index contributed by atoms with van der Waals surface area (Å²) < 4.78 is 5.57. The van der Waals surface area contributed by atoms with Crippen LogP contribution in [0.4, 0.5) is 0 Å². The number of aromatic hydroxyl groups is 1. The van der Waals surface area contributed by atoms with Crippen LogP contribution in [0, 0.1) is 5.92 Å². The second-order valence-electron chi connectivity index (χ2n) is 7.67. The minimum Gasteiger partial charge on any atom is -0.507 e. The van der Waals surface area contributed by atoms with E-state index in [4.69, 9.17) is 15.9 Å². The summed E-state index contributed by atoms with van der Waals surface area (Å²) in [7, 11) is 3.84. The summed E-state index contributed by atoms with van der Waals surface area (Å²) in [4.78, 5) is 15.1. The fourth-order valence-electron chi connectivity index (χ4n) is 3.77. The molecule has 0 radical (unpaired) electrons. The molecule has 1 aromatic heterocycles. The van der Waals surface area contributed by atoms with Gasteiger partial charge < -0.3 is 25.9 Å². The van der Waals surface area contributed by atoms with Crippen LogP contribution in [0.2, 0.25) is 0 Å². The van der Waals surface area contributed by atoms with Crippen molar-refractivity contribution in [2.45, 2.75) is 12.8 Å². The first-order valence-electron chi connectivity index (χ1n) is 9.87. The van der Waals surface area contributed by atoms with Crippen LogP contribution >= 0.6 is 0 Å². The Labute approximate surface area is 180 Å². The van der Waals surface area contributed by atoms with E-state index < -0.39 is 11.5 Å². The van der Waals surface area contributed by atoms with Gasteiger partial charge in [0.15, 0.2) is 0 Å². The standard InChI is InChI=1S/C23H27N5O3/c1-14(26-27-23(24)25)17(13-28(2)3)19(15-9-5-4-6-10-15)20-21(29)16-11-7-8-12-18(16)31-22(20)30/h4-12,17,19,29H,13H2,1-3H3,(H4,24,25,27)/b26-14-/t17-,19-/m1/s1. The maximum atomic E-state index is 13.1. The third-order valence-corrected chi connectivity index (χ3v) is 5.11. The minimum absolute atomic E-state index is 0.0981. The Morgan fingerprint density at radius 2 is 1.71 bits per heavy atom. The van der Waals surface area contributed by atoms with E-state index in [9.17, 15) is 9.90 Å². The zero-order chi connectivity index (χ0) is 22.5. The molecule has 3 aromatic rings. The predicted octanol–water partition coefficient (Wildman–Crippen LogP) is 2.46. The van der Waals surface area contributed by atoms with Crippen molar-refractivity contribution in [1.82, 2.24) is 4.90 Å².